The Morgan fingerprint density at radius 1 is 1.21 bits per heavy atom. The van der Waals surface area contributed by atoms with Gasteiger partial charge in [-0.05, 0) is 30.2 Å². The molecule has 1 aromatic heterocycles. The molecule has 178 valence electrons. The number of nitrogens with zero attached hydrogens (tertiary/aromatic N) is 3. The van der Waals surface area contributed by atoms with Gasteiger partial charge >= 0.3 is 5.97 Å². The fourth-order valence-electron chi connectivity index (χ4n) is 2.77. The van der Waals surface area contributed by atoms with Crippen LogP contribution in [0.1, 0.15) is 43.9 Å². The first-order valence-electron chi connectivity index (χ1n) is 10.0. The monoisotopic (exact) mass is 479 g/mol. The van der Waals surface area contributed by atoms with Crippen molar-refractivity contribution in [3.05, 3.63) is 47.4 Å². The van der Waals surface area contributed by atoms with E-state index in [9.17, 15) is 27.5 Å². The maximum Gasteiger partial charge on any atom is 0.310 e. The molecule has 0 aliphatic rings. The number of aliphatic carboxylic acids is 1. The zero-order valence-corrected chi connectivity index (χ0v) is 19.5. The van der Waals surface area contributed by atoms with E-state index in [0.29, 0.717) is 17.0 Å². The Bertz CT molecular complexity index is 1180. The molecular weight excluding hydrogens is 453 g/mol. The van der Waals surface area contributed by atoms with Crippen LogP contribution >= 0.6 is 0 Å². The van der Waals surface area contributed by atoms with Gasteiger partial charge in [-0.1, -0.05) is 26.0 Å². The molecule has 1 atom stereocenters. The average molecular weight is 480 g/mol. The van der Waals surface area contributed by atoms with Gasteiger partial charge in [-0.25, -0.2) is 27.1 Å². The molecule has 0 amide bonds. The first-order chi connectivity index (χ1) is 15.3. The number of carbonyl (C=O) groups excluding carboxylic acids is 1. The molecule has 0 saturated heterocycles. The summed E-state index contributed by atoms with van der Waals surface area (Å²) in [5, 5.41) is 18.6. The molecule has 0 saturated carbocycles. The number of sulfonamides is 1. The SMILES string of the molecule is CC(C)c1cc(-c2ccc(F)c(/C=C/[C@@H](O)CC(=O)CC(=O)O)c2)nc(N(C)S(C)(=O)=O)n1. The van der Waals surface area contributed by atoms with Crippen molar-refractivity contribution in [3.8, 4) is 11.3 Å². The Labute approximate surface area is 191 Å². The van der Waals surface area contributed by atoms with Crippen molar-refractivity contribution in [3.63, 3.8) is 0 Å². The Hall–Kier alpha value is -3.18. The van der Waals surface area contributed by atoms with Crippen LogP contribution in [0.25, 0.3) is 17.3 Å². The lowest BCUT2D eigenvalue weighted by Gasteiger charge is -2.17. The number of carboxylic acids is 1. The highest BCUT2D eigenvalue weighted by Gasteiger charge is 2.19. The molecule has 1 aromatic carbocycles. The van der Waals surface area contributed by atoms with E-state index >= 15 is 0 Å². The van der Waals surface area contributed by atoms with Gasteiger partial charge < -0.3 is 10.2 Å². The molecule has 33 heavy (non-hydrogen) atoms. The predicted octanol–water partition coefficient (Wildman–Crippen LogP) is 2.61. The minimum absolute atomic E-state index is 0.0208. The first kappa shape index (κ1) is 26.1. The number of aromatic nitrogens is 2. The van der Waals surface area contributed by atoms with Crippen LogP contribution in [0.2, 0.25) is 0 Å². The second-order valence-electron chi connectivity index (χ2n) is 7.84. The lowest BCUT2D eigenvalue weighted by Crippen LogP contribution is -2.27. The molecule has 0 spiro atoms. The molecule has 0 aliphatic carbocycles. The summed E-state index contributed by atoms with van der Waals surface area (Å²) in [6.07, 6.45) is 1.13. The lowest BCUT2D eigenvalue weighted by atomic mass is 10.0. The average Bonchev–Trinajstić information content (AvgIpc) is 2.70. The van der Waals surface area contributed by atoms with Crippen molar-refractivity contribution in [1.29, 1.82) is 0 Å². The van der Waals surface area contributed by atoms with E-state index in [1.807, 2.05) is 13.8 Å². The van der Waals surface area contributed by atoms with Crippen LogP contribution in [-0.4, -0.2) is 59.8 Å². The van der Waals surface area contributed by atoms with Gasteiger partial charge in [0.1, 0.15) is 18.0 Å². The summed E-state index contributed by atoms with van der Waals surface area (Å²) in [6.45, 7) is 3.78. The highest BCUT2D eigenvalue weighted by Crippen LogP contribution is 2.26. The third-order valence-corrected chi connectivity index (χ3v) is 5.84. The quantitative estimate of drug-likeness (QED) is 0.496. The molecule has 0 fully saturated rings. The Kier molecular flexibility index (Phi) is 8.39. The molecule has 9 nitrogen and oxygen atoms in total. The lowest BCUT2D eigenvalue weighted by molar-refractivity contribution is -0.140. The normalized spacial score (nSPS) is 12.8. The number of aliphatic hydroxyl groups excluding tert-OH is 1. The molecule has 11 heteroatoms. The number of hydrogen-bond donors (Lipinski definition) is 2. The molecule has 2 aromatic rings. The smallest absolute Gasteiger partial charge is 0.310 e. The number of carboxylic acid groups (broad SMARTS) is 1. The number of rotatable bonds is 10. The minimum atomic E-state index is -3.60. The molecule has 1 heterocycles. The number of hydrogen-bond acceptors (Lipinski definition) is 7. The van der Waals surface area contributed by atoms with E-state index in [1.54, 1.807) is 6.07 Å². The van der Waals surface area contributed by atoms with Gasteiger partial charge in [-0.15, -0.1) is 0 Å². The maximum atomic E-state index is 14.3. The first-order valence-corrected chi connectivity index (χ1v) is 11.8. The van der Waals surface area contributed by atoms with Crippen molar-refractivity contribution in [2.45, 2.75) is 38.7 Å². The number of ketones is 1. The van der Waals surface area contributed by atoms with Crippen molar-refractivity contribution < 1.29 is 32.6 Å². The predicted molar refractivity (Wildman–Crippen MR) is 122 cm³/mol. The van der Waals surface area contributed by atoms with E-state index in [-0.39, 0.29) is 17.4 Å². The van der Waals surface area contributed by atoms with Gasteiger partial charge in [0.15, 0.2) is 0 Å². The van der Waals surface area contributed by atoms with Crippen molar-refractivity contribution in [2.75, 3.05) is 17.6 Å². The van der Waals surface area contributed by atoms with Crippen LogP contribution in [-0.2, 0) is 19.6 Å². The van der Waals surface area contributed by atoms with E-state index < -0.39 is 46.5 Å². The number of Topliss-reactive ketones (excluding diaryl/α,β-unsaturated/α-hetero) is 1. The van der Waals surface area contributed by atoms with Crippen molar-refractivity contribution >= 4 is 33.8 Å². The van der Waals surface area contributed by atoms with E-state index in [4.69, 9.17) is 5.11 Å². The van der Waals surface area contributed by atoms with Crippen LogP contribution in [0.5, 0.6) is 0 Å². The summed E-state index contributed by atoms with van der Waals surface area (Å²) in [5.41, 5.74) is 1.56. The number of anilines is 1. The Balaban J connectivity index is 2.41. The summed E-state index contributed by atoms with van der Waals surface area (Å²) in [6, 6.07) is 5.84. The molecular formula is C22H26FN3O6S. The topological polar surface area (TPSA) is 138 Å². The van der Waals surface area contributed by atoms with Crippen molar-refractivity contribution in [1.82, 2.24) is 9.97 Å². The molecule has 0 radical (unpaired) electrons. The maximum absolute atomic E-state index is 14.3. The Morgan fingerprint density at radius 2 is 1.88 bits per heavy atom. The van der Waals surface area contributed by atoms with Crippen LogP contribution < -0.4 is 4.31 Å². The van der Waals surface area contributed by atoms with E-state index in [1.165, 1.54) is 37.4 Å². The number of benzene rings is 1. The van der Waals surface area contributed by atoms with Gasteiger partial charge in [0.25, 0.3) is 0 Å². The molecule has 2 rings (SSSR count). The van der Waals surface area contributed by atoms with Crippen LogP contribution in [0.4, 0.5) is 10.3 Å². The summed E-state index contributed by atoms with van der Waals surface area (Å²) < 4.78 is 39.2. The van der Waals surface area contributed by atoms with Crippen LogP contribution in [0.3, 0.4) is 0 Å². The largest absolute Gasteiger partial charge is 0.481 e. The fourth-order valence-corrected chi connectivity index (χ4v) is 3.15. The molecule has 0 unspecified atom stereocenters. The molecule has 0 aliphatic heterocycles. The van der Waals surface area contributed by atoms with Gasteiger partial charge in [-0.2, -0.15) is 0 Å². The van der Waals surface area contributed by atoms with Crippen molar-refractivity contribution in [2.24, 2.45) is 0 Å². The summed E-state index contributed by atoms with van der Waals surface area (Å²) in [4.78, 5) is 30.7. The standard InChI is InChI=1S/C22H26FN3O6S/c1-13(2)19-12-20(25-22(24-19)26(3)33(4,31)32)15-6-8-18(23)14(9-15)5-7-16(27)10-17(28)11-21(29)30/h5-9,12-13,16,27H,10-11H2,1-4H3,(H,29,30)/b7-5+/t16-/m1/s1. The highest BCUT2D eigenvalue weighted by molar-refractivity contribution is 7.92. The summed E-state index contributed by atoms with van der Waals surface area (Å²) in [5.74, 6) is -2.59. The molecule has 2 N–H and O–H groups in total. The molecule has 0 bridgehead atoms. The summed E-state index contributed by atoms with van der Waals surface area (Å²) >= 11 is 0. The van der Waals surface area contributed by atoms with Gasteiger partial charge in [0.2, 0.25) is 16.0 Å². The zero-order chi connectivity index (χ0) is 24.9. The number of halogens is 1. The van der Waals surface area contributed by atoms with Gasteiger partial charge in [-0.3, -0.25) is 9.59 Å². The van der Waals surface area contributed by atoms with Crippen LogP contribution in [0, 0.1) is 5.82 Å². The van der Waals surface area contributed by atoms with Gasteiger partial charge in [0.05, 0.1) is 18.1 Å². The highest BCUT2D eigenvalue weighted by atomic mass is 32.2. The van der Waals surface area contributed by atoms with E-state index in [0.717, 1.165) is 10.6 Å². The number of carbonyl (C=O) groups is 2. The zero-order valence-electron chi connectivity index (χ0n) is 18.7. The minimum Gasteiger partial charge on any atom is -0.481 e. The number of aliphatic hydroxyl groups is 1. The third kappa shape index (κ3) is 7.43. The summed E-state index contributed by atoms with van der Waals surface area (Å²) in [7, 11) is -2.27. The fraction of sp³-hybridized carbons (Fsp3) is 0.364. The Morgan fingerprint density at radius 3 is 2.45 bits per heavy atom. The van der Waals surface area contributed by atoms with Crippen LogP contribution in [0.15, 0.2) is 30.3 Å². The third-order valence-electron chi connectivity index (χ3n) is 4.68. The van der Waals surface area contributed by atoms with E-state index in [2.05, 4.69) is 9.97 Å². The second kappa shape index (κ2) is 10.6. The van der Waals surface area contributed by atoms with Gasteiger partial charge in [0, 0.05) is 30.3 Å². The second-order valence-corrected chi connectivity index (χ2v) is 9.85.